The Morgan fingerprint density at radius 3 is 2.68 bits per heavy atom. The van der Waals surface area contributed by atoms with E-state index in [-0.39, 0.29) is 24.4 Å². The van der Waals surface area contributed by atoms with Gasteiger partial charge in [0.05, 0.1) is 24.4 Å². The molecule has 0 radical (unpaired) electrons. The first-order valence-corrected chi connectivity index (χ1v) is 7.14. The molecule has 1 aromatic heterocycles. The summed E-state index contributed by atoms with van der Waals surface area (Å²) in [5.74, 6) is -0.957. The van der Waals surface area contributed by atoms with Crippen molar-refractivity contribution in [3.8, 4) is 0 Å². The maximum Gasteiger partial charge on any atom is 0.305 e. The van der Waals surface area contributed by atoms with Gasteiger partial charge in [-0.25, -0.2) is 13.1 Å². The number of aryl methyl sites for hydroxylation is 2. The highest BCUT2D eigenvalue weighted by atomic mass is 32.2. The molecular weight excluding hydrogens is 270 g/mol. The second-order valence-corrected chi connectivity index (χ2v) is 5.71. The summed E-state index contributed by atoms with van der Waals surface area (Å²) in [6.07, 6.45) is 1.33. The van der Waals surface area contributed by atoms with Crippen molar-refractivity contribution in [3.05, 3.63) is 24.0 Å². The van der Waals surface area contributed by atoms with Crippen molar-refractivity contribution in [3.63, 3.8) is 0 Å². The monoisotopic (exact) mass is 287 g/mol. The van der Waals surface area contributed by atoms with Crippen molar-refractivity contribution in [2.24, 2.45) is 0 Å². The zero-order valence-corrected chi connectivity index (χ0v) is 11.7. The zero-order valence-electron chi connectivity index (χ0n) is 10.9. The molecule has 0 spiro atoms. The molecule has 1 rings (SSSR count). The molecule has 8 heteroatoms. The maximum absolute atomic E-state index is 12.1. The maximum atomic E-state index is 12.1. The molecule has 2 N–H and O–H groups in total. The Bertz CT molecular complexity index is 589. The van der Waals surface area contributed by atoms with E-state index in [4.69, 9.17) is 5.11 Å². The highest BCUT2D eigenvalue weighted by Gasteiger charge is 2.23. The van der Waals surface area contributed by atoms with Gasteiger partial charge < -0.3 is 5.11 Å². The number of sulfonamides is 1. The third-order valence-electron chi connectivity index (χ3n) is 2.54. The Balaban J connectivity index is 3.09. The van der Waals surface area contributed by atoms with E-state index in [2.05, 4.69) is 16.4 Å². The predicted molar refractivity (Wildman–Crippen MR) is 69.3 cm³/mol. The highest BCUT2D eigenvalue weighted by molar-refractivity contribution is 7.89. The van der Waals surface area contributed by atoms with Crippen LogP contribution >= 0.6 is 0 Å². The van der Waals surface area contributed by atoms with Gasteiger partial charge in [-0.2, -0.15) is 5.10 Å². The van der Waals surface area contributed by atoms with Gasteiger partial charge in [-0.1, -0.05) is 6.08 Å². The van der Waals surface area contributed by atoms with Crippen LogP contribution < -0.4 is 4.72 Å². The molecule has 0 fully saturated rings. The normalized spacial score (nSPS) is 11.5. The van der Waals surface area contributed by atoms with Gasteiger partial charge in [-0.3, -0.25) is 9.48 Å². The van der Waals surface area contributed by atoms with Crippen LogP contribution in [0.5, 0.6) is 0 Å². The fraction of sp³-hybridized carbons (Fsp3) is 0.455. The largest absolute Gasteiger partial charge is 0.481 e. The summed E-state index contributed by atoms with van der Waals surface area (Å²) in [4.78, 5) is 10.6. The van der Waals surface area contributed by atoms with Crippen LogP contribution in [0.3, 0.4) is 0 Å². The summed E-state index contributed by atoms with van der Waals surface area (Å²) in [5.41, 5.74) is 0.773. The second kappa shape index (κ2) is 5.98. The number of aliphatic carboxylic acids is 1. The molecule has 0 saturated carbocycles. The molecule has 0 unspecified atom stereocenters. The lowest BCUT2D eigenvalue weighted by molar-refractivity contribution is -0.137. The topological polar surface area (TPSA) is 101 Å². The number of rotatable bonds is 7. The number of hydrogen-bond acceptors (Lipinski definition) is 4. The van der Waals surface area contributed by atoms with Crippen LogP contribution in [0.25, 0.3) is 0 Å². The Morgan fingerprint density at radius 1 is 1.53 bits per heavy atom. The van der Waals surface area contributed by atoms with E-state index < -0.39 is 16.0 Å². The van der Waals surface area contributed by atoms with E-state index in [9.17, 15) is 13.2 Å². The molecule has 0 bridgehead atoms. The fourth-order valence-corrected chi connectivity index (χ4v) is 3.14. The molecule has 0 amide bonds. The minimum Gasteiger partial charge on any atom is -0.481 e. The zero-order chi connectivity index (χ0) is 14.6. The number of hydrogen-bond donors (Lipinski definition) is 2. The molecule has 0 aliphatic carbocycles. The molecule has 0 aromatic carbocycles. The molecular formula is C11H17N3O4S. The van der Waals surface area contributed by atoms with E-state index in [1.165, 1.54) is 10.8 Å². The fourth-order valence-electron chi connectivity index (χ4n) is 1.73. The number of carboxylic acid groups (broad SMARTS) is 1. The first kappa shape index (κ1) is 15.4. The third kappa shape index (κ3) is 3.65. The van der Waals surface area contributed by atoms with Gasteiger partial charge in [-0.15, -0.1) is 6.58 Å². The third-order valence-corrected chi connectivity index (χ3v) is 4.21. The summed E-state index contributed by atoms with van der Waals surface area (Å²) in [5, 5.41) is 12.7. The Labute approximate surface area is 112 Å². The van der Waals surface area contributed by atoms with Gasteiger partial charge >= 0.3 is 5.97 Å². The lowest BCUT2D eigenvalue weighted by atomic mass is 10.4. The van der Waals surface area contributed by atoms with Gasteiger partial charge in [0.15, 0.2) is 0 Å². The number of nitrogens with one attached hydrogen (secondary N) is 1. The van der Waals surface area contributed by atoms with Crippen molar-refractivity contribution in [1.82, 2.24) is 14.5 Å². The average molecular weight is 287 g/mol. The van der Waals surface area contributed by atoms with E-state index in [1.54, 1.807) is 13.8 Å². The SMILES string of the molecule is C=CCNS(=O)(=O)c1c(C)nn(CCC(=O)O)c1C. The predicted octanol–water partition coefficient (Wildman–Crippen LogP) is 0.439. The smallest absolute Gasteiger partial charge is 0.305 e. The van der Waals surface area contributed by atoms with Crippen LogP contribution in [-0.4, -0.2) is 35.8 Å². The Hall–Kier alpha value is -1.67. The van der Waals surface area contributed by atoms with E-state index in [1.807, 2.05) is 0 Å². The number of aromatic nitrogens is 2. The lowest BCUT2D eigenvalue weighted by Crippen LogP contribution is -2.24. The Kier molecular flexibility index (Phi) is 4.84. The van der Waals surface area contributed by atoms with E-state index in [0.717, 1.165) is 0 Å². The molecule has 0 atom stereocenters. The molecule has 0 saturated heterocycles. The van der Waals surface area contributed by atoms with Crippen LogP contribution in [0.4, 0.5) is 0 Å². The van der Waals surface area contributed by atoms with Crippen molar-refractivity contribution in [2.75, 3.05) is 6.54 Å². The average Bonchev–Trinajstić information content (AvgIpc) is 2.59. The lowest BCUT2D eigenvalue weighted by Gasteiger charge is -2.05. The molecule has 19 heavy (non-hydrogen) atoms. The molecule has 0 aliphatic rings. The number of carbonyl (C=O) groups is 1. The van der Waals surface area contributed by atoms with Gasteiger partial charge in [0.25, 0.3) is 0 Å². The molecule has 1 aromatic rings. The minimum absolute atomic E-state index is 0.0970. The van der Waals surface area contributed by atoms with Crippen LogP contribution in [-0.2, 0) is 21.4 Å². The summed E-state index contributed by atoms with van der Waals surface area (Å²) >= 11 is 0. The number of carboxylic acids is 1. The highest BCUT2D eigenvalue weighted by Crippen LogP contribution is 2.19. The van der Waals surface area contributed by atoms with E-state index >= 15 is 0 Å². The second-order valence-electron chi connectivity index (χ2n) is 4.01. The molecule has 106 valence electrons. The summed E-state index contributed by atoms with van der Waals surface area (Å²) in [6, 6.07) is 0. The van der Waals surface area contributed by atoms with Crippen molar-refractivity contribution >= 4 is 16.0 Å². The van der Waals surface area contributed by atoms with Gasteiger partial charge in [0.2, 0.25) is 10.0 Å². The van der Waals surface area contributed by atoms with Crippen LogP contribution in [0.2, 0.25) is 0 Å². The standard InChI is InChI=1S/C11H17N3O4S/c1-4-6-12-19(17,18)11-8(2)13-14(9(11)3)7-5-10(15)16/h4,12H,1,5-7H2,2-3H3,(H,15,16). The summed E-state index contributed by atoms with van der Waals surface area (Å²) in [6.45, 7) is 6.89. The van der Waals surface area contributed by atoms with Crippen LogP contribution in [0, 0.1) is 13.8 Å². The summed E-state index contributed by atoms with van der Waals surface area (Å²) < 4.78 is 27.9. The van der Waals surface area contributed by atoms with Crippen molar-refractivity contribution < 1.29 is 18.3 Å². The van der Waals surface area contributed by atoms with Crippen molar-refractivity contribution in [2.45, 2.75) is 31.7 Å². The molecule has 1 heterocycles. The minimum atomic E-state index is -3.65. The molecule has 7 nitrogen and oxygen atoms in total. The molecule has 0 aliphatic heterocycles. The van der Waals surface area contributed by atoms with Gasteiger partial charge in [0.1, 0.15) is 4.90 Å². The first-order valence-electron chi connectivity index (χ1n) is 5.66. The summed E-state index contributed by atoms with van der Waals surface area (Å²) in [7, 11) is -3.65. The van der Waals surface area contributed by atoms with Crippen LogP contribution in [0.15, 0.2) is 17.6 Å². The van der Waals surface area contributed by atoms with Crippen molar-refractivity contribution in [1.29, 1.82) is 0 Å². The quantitative estimate of drug-likeness (QED) is 0.709. The van der Waals surface area contributed by atoms with E-state index in [0.29, 0.717) is 11.4 Å². The number of nitrogens with zero attached hydrogens (tertiary/aromatic N) is 2. The van der Waals surface area contributed by atoms with Gasteiger partial charge in [0, 0.05) is 6.54 Å². The van der Waals surface area contributed by atoms with Gasteiger partial charge in [-0.05, 0) is 13.8 Å². The first-order chi connectivity index (χ1) is 8.79. The van der Waals surface area contributed by atoms with Crippen LogP contribution in [0.1, 0.15) is 17.8 Å². The Morgan fingerprint density at radius 2 is 2.16 bits per heavy atom.